The Morgan fingerprint density at radius 3 is 2.62 bits per heavy atom. The molecule has 3 heterocycles. The standard InChI is InChI=1S/C34H42N2O6/c1-3-5-12-22-41-33(40)28-27-17-18-34(42-27)29(28)31(38)36(20-10-6-7-11-21-37)30(34)32(39)35(19-4-2)26-16-15-24-13-8-9-14-25(24)23-26/h3-4,8-9,13-16,23,27-30,37H,1-2,5-7,10-12,17-22H2/t27-,28+,29+,30?,34?/m1/s1. The first-order chi connectivity index (χ1) is 20.5. The molecule has 3 saturated heterocycles. The number of unbranched alkanes of at least 4 members (excludes halogenated alkanes) is 4. The minimum Gasteiger partial charge on any atom is -0.465 e. The monoisotopic (exact) mass is 574 g/mol. The molecule has 0 saturated carbocycles. The van der Waals surface area contributed by atoms with Crippen LogP contribution in [0.4, 0.5) is 5.69 Å². The molecule has 1 N–H and O–H groups in total. The molecular formula is C34H42N2O6. The summed E-state index contributed by atoms with van der Waals surface area (Å²) in [6.45, 7) is 8.65. The number of nitrogens with zero attached hydrogens (tertiary/aromatic N) is 2. The van der Waals surface area contributed by atoms with Crippen molar-refractivity contribution in [2.45, 2.75) is 69.1 Å². The van der Waals surface area contributed by atoms with Gasteiger partial charge in [-0.15, -0.1) is 13.2 Å². The van der Waals surface area contributed by atoms with E-state index in [0.29, 0.717) is 38.6 Å². The van der Waals surface area contributed by atoms with Crippen LogP contribution in [0.1, 0.15) is 51.4 Å². The zero-order valence-corrected chi connectivity index (χ0v) is 24.3. The molecule has 5 atom stereocenters. The first-order valence-electron chi connectivity index (χ1n) is 15.2. The quantitative estimate of drug-likeness (QED) is 0.187. The van der Waals surface area contributed by atoms with Crippen molar-refractivity contribution < 1.29 is 29.0 Å². The lowest BCUT2D eigenvalue weighted by Crippen LogP contribution is -2.56. The molecule has 3 aliphatic heterocycles. The van der Waals surface area contributed by atoms with Gasteiger partial charge in [-0.3, -0.25) is 14.4 Å². The van der Waals surface area contributed by atoms with E-state index in [4.69, 9.17) is 9.47 Å². The van der Waals surface area contributed by atoms with Crippen LogP contribution in [-0.4, -0.2) is 71.8 Å². The van der Waals surface area contributed by atoms with Gasteiger partial charge >= 0.3 is 5.97 Å². The van der Waals surface area contributed by atoms with Crippen LogP contribution in [0.15, 0.2) is 67.8 Å². The summed E-state index contributed by atoms with van der Waals surface area (Å²) in [5.41, 5.74) is -0.357. The van der Waals surface area contributed by atoms with Crippen molar-refractivity contribution in [1.29, 1.82) is 0 Å². The Bertz CT molecular complexity index is 1330. The maximum absolute atomic E-state index is 14.7. The molecule has 2 unspecified atom stereocenters. The number of aliphatic hydroxyl groups is 1. The zero-order chi connectivity index (χ0) is 29.7. The lowest BCUT2D eigenvalue weighted by Gasteiger charge is -2.37. The smallest absolute Gasteiger partial charge is 0.312 e. The fraction of sp³-hybridized carbons (Fsp3) is 0.500. The van der Waals surface area contributed by atoms with Gasteiger partial charge in [0.1, 0.15) is 11.6 Å². The lowest BCUT2D eigenvalue weighted by atomic mass is 9.70. The maximum Gasteiger partial charge on any atom is 0.312 e. The number of carbonyl (C=O) groups excluding carboxylic acids is 3. The number of likely N-dealkylation sites (tertiary alicyclic amines) is 1. The second-order valence-corrected chi connectivity index (χ2v) is 11.6. The number of anilines is 1. The number of ether oxygens (including phenoxy) is 2. The number of rotatable bonds is 15. The third-order valence-corrected chi connectivity index (χ3v) is 9.03. The SMILES string of the molecule is C=CCCCOC(=O)[C@@H]1[C@H]2C(=O)N(CCCCCCO)C(C(=O)N(CC=C)c3ccc4ccccc4c3)C23CC[C@H]1O3. The van der Waals surface area contributed by atoms with Crippen LogP contribution in [0.25, 0.3) is 10.8 Å². The number of fused-ring (bicyclic) bond motifs is 2. The predicted octanol–water partition coefficient (Wildman–Crippen LogP) is 4.80. The molecule has 8 heteroatoms. The van der Waals surface area contributed by atoms with Gasteiger partial charge in [0.2, 0.25) is 5.91 Å². The summed E-state index contributed by atoms with van der Waals surface area (Å²) in [7, 11) is 0. The Kier molecular flexibility index (Phi) is 9.43. The van der Waals surface area contributed by atoms with E-state index in [-0.39, 0.29) is 31.6 Å². The van der Waals surface area contributed by atoms with Gasteiger partial charge in [-0.25, -0.2) is 0 Å². The van der Waals surface area contributed by atoms with Crippen LogP contribution in [0.2, 0.25) is 0 Å². The van der Waals surface area contributed by atoms with Gasteiger partial charge in [0, 0.05) is 25.4 Å². The Morgan fingerprint density at radius 1 is 1.07 bits per heavy atom. The summed E-state index contributed by atoms with van der Waals surface area (Å²) in [6.07, 6.45) is 8.61. The van der Waals surface area contributed by atoms with Crippen LogP contribution in [0, 0.1) is 11.8 Å². The molecule has 2 amide bonds. The first-order valence-corrected chi connectivity index (χ1v) is 15.2. The third kappa shape index (κ3) is 5.50. The van der Waals surface area contributed by atoms with E-state index in [1.54, 1.807) is 22.0 Å². The number of amides is 2. The van der Waals surface area contributed by atoms with E-state index < -0.39 is 35.6 Å². The van der Waals surface area contributed by atoms with Crippen LogP contribution in [0.5, 0.6) is 0 Å². The Labute approximate surface area is 248 Å². The topological polar surface area (TPSA) is 96.4 Å². The maximum atomic E-state index is 14.7. The molecule has 2 bridgehead atoms. The average molecular weight is 575 g/mol. The van der Waals surface area contributed by atoms with Gasteiger partial charge in [-0.1, -0.05) is 55.3 Å². The van der Waals surface area contributed by atoms with E-state index in [1.807, 2.05) is 42.5 Å². The highest BCUT2D eigenvalue weighted by molar-refractivity contribution is 6.05. The lowest BCUT2D eigenvalue weighted by molar-refractivity contribution is -0.155. The molecule has 224 valence electrons. The fourth-order valence-corrected chi connectivity index (χ4v) is 7.13. The summed E-state index contributed by atoms with van der Waals surface area (Å²) in [5.74, 6) is -2.33. The molecule has 0 aromatic heterocycles. The van der Waals surface area contributed by atoms with Crippen LogP contribution < -0.4 is 4.90 Å². The molecule has 8 nitrogen and oxygen atoms in total. The highest BCUT2D eigenvalue weighted by Crippen LogP contribution is 2.59. The number of benzene rings is 2. The molecule has 5 rings (SSSR count). The minimum absolute atomic E-state index is 0.128. The van der Waals surface area contributed by atoms with Crippen molar-refractivity contribution in [3.8, 4) is 0 Å². The first kappa shape index (κ1) is 30.0. The van der Waals surface area contributed by atoms with Crippen molar-refractivity contribution in [3.63, 3.8) is 0 Å². The van der Waals surface area contributed by atoms with Gasteiger partial charge in [-0.2, -0.15) is 0 Å². The van der Waals surface area contributed by atoms with Crippen LogP contribution in [-0.2, 0) is 23.9 Å². The van der Waals surface area contributed by atoms with Crippen molar-refractivity contribution in [2.24, 2.45) is 11.8 Å². The molecule has 1 spiro atoms. The Morgan fingerprint density at radius 2 is 1.86 bits per heavy atom. The summed E-state index contributed by atoms with van der Waals surface area (Å²) in [4.78, 5) is 45.5. The summed E-state index contributed by atoms with van der Waals surface area (Å²) in [6, 6.07) is 13.0. The molecule has 0 aliphatic carbocycles. The highest BCUT2D eigenvalue weighted by Gasteiger charge is 2.75. The number of esters is 1. The van der Waals surface area contributed by atoms with Crippen molar-refractivity contribution in [3.05, 3.63) is 67.8 Å². The zero-order valence-electron chi connectivity index (χ0n) is 24.3. The average Bonchev–Trinajstić information content (AvgIpc) is 3.65. The molecule has 2 aromatic carbocycles. The second-order valence-electron chi connectivity index (χ2n) is 11.6. The Balaban J connectivity index is 1.47. The second kappa shape index (κ2) is 13.2. The largest absolute Gasteiger partial charge is 0.465 e. The van der Waals surface area contributed by atoms with E-state index in [9.17, 15) is 19.5 Å². The van der Waals surface area contributed by atoms with Crippen LogP contribution >= 0.6 is 0 Å². The minimum atomic E-state index is -1.08. The van der Waals surface area contributed by atoms with Gasteiger partial charge < -0.3 is 24.4 Å². The summed E-state index contributed by atoms with van der Waals surface area (Å²) >= 11 is 0. The Hall–Kier alpha value is -3.49. The molecule has 3 fully saturated rings. The normalized spacial score (nSPS) is 25.9. The van der Waals surface area contributed by atoms with E-state index in [2.05, 4.69) is 13.2 Å². The summed E-state index contributed by atoms with van der Waals surface area (Å²) < 4.78 is 12.2. The number of aliphatic hydroxyl groups excluding tert-OH is 1. The fourth-order valence-electron chi connectivity index (χ4n) is 7.13. The molecular weight excluding hydrogens is 532 g/mol. The molecule has 0 radical (unpaired) electrons. The number of hydrogen-bond acceptors (Lipinski definition) is 6. The van der Waals surface area contributed by atoms with Crippen LogP contribution in [0.3, 0.4) is 0 Å². The van der Waals surface area contributed by atoms with E-state index in [1.165, 1.54) is 0 Å². The molecule has 42 heavy (non-hydrogen) atoms. The van der Waals surface area contributed by atoms with Gasteiger partial charge in [0.25, 0.3) is 5.91 Å². The molecule has 3 aliphatic rings. The predicted molar refractivity (Wildman–Crippen MR) is 162 cm³/mol. The number of carbonyl (C=O) groups is 3. The van der Waals surface area contributed by atoms with E-state index >= 15 is 0 Å². The summed E-state index contributed by atoms with van der Waals surface area (Å²) in [5, 5.41) is 11.3. The van der Waals surface area contributed by atoms with E-state index in [0.717, 1.165) is 35.7 Å². The van der Waals surface area contributed by atoms with Crippen molar-refractivity contribution in [2.75, 3.05) is 31.2 Å². The van der Waals surface area contributed by atoms with Gasteiger partial charge in [0.05, 0.1) is 24.5 Å². The van der Waals surface area contributed by atoms with Gasteiger partial charge in [-0.05, 0) is 61.4 Å². The highest BCUT2D eigenvalue weighted by atomic mass is 16.6. The van der Waals surface area contributed by atoms with Crippen molar-refractivity contribution >= 4 is 34.2 Å². The third-order valence-electron chi connectivity index (χ3n) is 9.03. The number of allylic oxidation sites excluding steroid dienone is 1. The number of hydrogen-bond donors (Lipinski definition) is 1. The van der Waals surface area contributed by atoms with Gasteiger partial charge in [0.15, 0.2) is 0 Å². The van der Waals surface area contributed by atoms with Crippen molar-refractivity contribution in [1.82, 2.24) is 4.90 Å². The molecule has 2 aromatic rings.